The van der Waals surface area contributed by atoms with Gasteiger partial charge < -0.3 is 9.64 Å². The number of carbonyl (C=O) groups excluding carboxylic acids is 1. The van der Waals surface area contributed by atoms with Crippen LogP contribution in [0.15, 0.2) is 22.7 Å². The van der Waals surface area contributed by atoms with Crippen molar-refractivity contribution in [3.63, 3.8) is 0 Å². The van der Waals surface area contributed by atoms with E-state index in [9.17, 15) is 4.79 Å². The van der Waals surface area contributed by atoms with Crippen molar-refractivity contribution < 1.29 is 9.53 Å². The third-order valence-corrected chi connectivity index (χ3v) is 4.64. The van der Waals surface area contributed by atoms with Crippen molar-refractivity contribution in [3.05, 3.63) is 33.3 Å². The number of halogens is 2. The normalized spacial score (nSPS) is 16.9. The molecule has 0 radical (unpaired) electrons. The minimum absolute atomic E-state index is 0.0268. The highest BCUT2D eigenvalue weighted by atomic mass is 79.9. The molecule has 1 saturated heterocycles. The Morgan fingerprint density at radius 3 is 2.72 bits per heavy atom. The second kappa shape index (κ2) is 6.04. The maximum atomic E-state index is 12.4. The van der Waals surface area contributed by atoms with Gasteiger partial charge in [-0.3, -0.25) is 4.79 Å². The summed E-state index contributed by atoms with van der Waals surface area (Å²) in [6.45, 7) is 1.46. The van der Waals surface area contributed by atoms with Crippen molar-refractivity contribution in [3.8, 4) is 0 Å². The number of piperidine rings is 1. The molecule has 1 amide bonds. The van der Waals surface area contributed by atoms with Gasteiger partial charge in [0.15, 0.2) is 0 Å². The Kier molecular flexibility index (Phi) is 4.65. The van der Waals surface area contributed by atoms with Gasteiger partial charge in [-0.25, -0.2) is 0 Å². The SMILES string of the molecule is COC1CCN(C(=O)c2cccc(Cl)c2Br)CC1. The highest BCUT2D eigenvalue weighted by molar-refractivity contribution is 9.10. The van der Waals surface area contributed by atoms with Gasteiger partial charge in [0.1, 0.15) is 0 Å². The van der Waals surface area contributed by atoms with E-state index in [0.29, 0.717) is 15.1 Å². The smallest absolute Gasteiger partial charge is 0.255 e. The number of nitrogens with zero attached hydrogens (tertiary/aromatic N) is 1. The van der Waals surface area contributed by atoms with Gasteiger partial charge >= 0.3 is 0 Å². The van der Waals surface area contributed by atoms with E-state index in [1.165, 1.54) is 0 Å². The van der Waals surface area contributed by atoms with Crippen LogP contribution in [0, 0.1) is 0 Å². The molecule has 1 aliphatic rings. The number of hydrogen-bond donors (Lipinski definition) is 0. The van der Waals surface area contributed by atoms with Gasteiger partial charge in [-0.15, -0.1) is 0 Å². The molecule has 1 aromatic carbocycles. The molecule has 18 heavy (non-hydrogen) atoms. The molecule has 0 saturated carbocycles. The molecule has 0 aliphatic carbocycles. The average molecular weight is 333 g/mol. The second-order valence-electron chi connectivity index (χ2n) is 4.33. The van der Waals surface area contributed by atoms with E-state index in [1.807, 2.05) is 4.90 Å². The fraction of sp³-hybridized carbons (Fsp3) is 0.462. The molecule has 1 aromatic rings. The molecule has 0 bridgehead atoms. The van der Waals surface area contributed by atoms with Crippen LogP contribution in [0.3, 0.4) is 0 Å². The molecular formula is C13H15BrClNO2. The van der Waals surface area contributed by atoms with Crippen molar-refractivity contribution in [2.24, 2.45) is 0 Å². The number of benzene rings is 1. The zero-order valence-electron chi connectivity index (χ0n) is 10.2. The van der Waals surface area contributed by atoms with Gasteiger partial charge in [0.2, 0.25) is 0 Å². The first-order valence-electron chi connectivity index (χ1n) is 5.89. The third-order valence-electron chi connectivity index (χ3n) is 3.24. The minimum Gasteiger partial charge on any atom is -0.381 e. The zero-order chi connectivity index (χ0) is 13.1. The molecule has 1 fully saturated rings. The average Bonchev–Trinajstić information content (AvgIpc) is 2.41. The Hall–Kier alpha value is -0.580. The Morgan fingerprint density at radius 2 is 2.11 bits per heavy atom. The first-order valence-corrected chi connectivity index (χ1v) is 7.06. The number of hydrogen-bond acceptors (Lipinski definition) is 2. The van der Waals surface area contributed by atoms with E-state index in [0.717, 1.165) is 25.9 Å². The van der Waals surface area contributed by atoms with E-state index in [1.54, 1.807) is 25.3 Å². The molecule has 0 N–H and O–H groups in total. The van der Waals surface area contributed by atoms with Gasteiger partial charge in [0, 0.05) is 24.7 Å². The number of methoxy groups -OCH3 is 1. The predicted molar refractivity (Wildman–Crippen MR) is 75.1 cm³/mol. The fourth-order valence-electron chi connectivity index (χ4n) is 2.13. The van der Waals surface area contributed by atoms with Gasteiger partial charge in [-0.1, -0.05) is 17.7 Å². The van der Waals surface area contributed by atoms with Crippen molar-refractivity contribution in [2.75, 3.05) is 20.2 Å². The van der Waals surface area contributed by atoms with E-state index in [4.69, 9.17) is 16.3 Å². The second-order valence-corrected chi connectivity index (χ2v) is 5.53. The quantitative estimate of drug-likeness (QED) is 0.831. The molecule has 98 valence electrons. The van der Waals surface area contributed by atoms with E-state index < -0.39 is 0 Å². The Labute approximate surface area is 120 Å². The molecule has 3 nitrogen and oxygen atoms in total. The van der Waals surface area contributed by atoms with E-state index in [2.05, 4.69) is 15.9 Å². The third kappa shape index (κ3) is 2.87. The summed E-state index contributed by atoms with van der Waals surface area (Å²) in [4.78, 5) is 14.2. The first kappa shape index (κ1) is 13.8. The lowest BCUT2D eigenvalue weighted by Crippen LogP contribution is -2.40. The van der Waals surface area contributed by atoms with Crippen LogP contribution in [0.4, 0.5) is 0 Å². The van der Waals surface area contributed by atoms with Crippen LogP contribution in [-0.4, -0.2) is 37.1 Å². The monoisotopic (exact) mass is 331 g/mol. The van der Waals surface area contributed by atoms with Gasteiger partial charge in [0.05, 0.1) is 16.7 Å². The summed E-state index contributed by atoms with van der Waals surface area (Å²) < 4.78 is 5.97. The van der Waals surface area contributed by atoms with Crippen LogP contribution in [0.1, 0.15) is 23.2 Å². The molecular weight excluding hydrogens is 318 g/mol. The van der Waals surface area contributed by atoms with Crippen LogP contribution < -0.4 is 0 Å². The van der Waals surface area contributed by atoms with Crippen molar-refractivity contribution in [1.82, 2.24) is 4.90 Å². The summed E-state index contributed by atoms with van der Waals surface area (Å²) in [5.74, 6) is 0.0268. The summed E-state index contributed by atoms with van der Waals surface area (Å²) in [6, 6.07) is 5.35. The number of ether oxygens (including phenoxy) is 1. The molecule has 1 heterocycles. The Bertz CT molecular complexity index is 445. The molecule has 1 aliphatic heterocycles. The van der Waals surface area contributed by atoms with Crippen molar-refractivity contribution in [1.29, 1.82) is 0 Å². The Balaban J connectivity index is 2.10. The topological polar surface area (TPSA) is 29.5 Å². The molecule has 0 aromatic heterocycles. The number of likely N-dealkylation sites (tertiary alicyclic amines) is 1. The highest BCUT2D eigenvalue weighted by Gasteiger charge is 2.24. The Morgan fingerprint density at radius 1 is 1.44 bits per heavy atom. The lowest BCUT2D eigenvalue weighted by molar-refractivity contribution is 0.0350. The summed E-state index contributed by atoms with van der Waals surface area (Å²) >= 11 is 9.37. The molecule has 0 unspecified atom stereocenters. The number of rotatable bonds is 2. The van der Waals surface area contributed by atoms with Gasteiger partial charge in [0.25, 0.3) is 5.91 Å². The number of carbonyl (C=O) groups is 1. The number of amides is 1. The van der Waals surface area contributed by atoms with E-state index in [-0.39, 0.29) is 12.0 Å². The van der Waals surface area contributed by atoms with Crippen LogP contribution in [0.2, 0.25) is 5.02 Å². The van der Waals surface area contributed by atoms with Crippen LogP contribution in [-0.2, 0) is 4.74 Å². The largest absolute Gasteiger partial charge is 0.381 e. The van der Waals surface area contributed by atoms with E-state index >= 15 is 0 Å². The lowest BCUT2D eigenvalue weighted by atomic mass is 10.1. The summed E-state index contributed by atoms with van der Waals surface area (Å²) in [6.07, 6.45) is 2.05. The van der Waals surface area contributed by atoms with Crippen LogP contribution >= 0.6 is 27.5 Å². The summed E-state index contributed by atoms with van der Waals surface area (Å²) in [5.41, 5.74) is 0.623. The highest BCUT2D eigenvalue weighted by Crippen LogP contribution is 2.28. The fourth-order valence-corrected chi connectivity index (χ4v) is 2.74. The van der Waals surface area contributed by atoms with Gasteiger partial charge in [-0.2, -0.15) is 0 Å². The standard InChI is InChI=1S/C13H15BrClNO2/c1-18-9-5-7-16(8-6-9)13(17)10-3-2-4-11(15)12(10)14/h2-4,9H,5-8H2,1H3. The minimum atomic E-state index is 0.0268. The maximum Gasteiger partial charge on any atom is 0.255 e. The summed E-state index contributed by atoms with van der Waals surface area (Å²) in [5, 5.41) is 0.563. The van der Waals surface area contributed by atoms with Crippen LogP contribution in [0.25, 0.3) is 0 Å². The molecule has 5 heteroatoms. The molecule has 0 spiro atoms. The molecule has 0 atom stereocenters. The summed E-state index contributed by atoms with van der Waals surface area (Å²) in [7, 11) is 1.72. The van der Waals surface area contributed by atoms with Crippen LogP contribution in [0.5, 0.6) is 0 Å². The lowest BCUT2D eigenvalue weighted by Gasteiger charge is -2.31. The predicted octanol–water partition coefficient (Wildman–Crippen LogP) is 3.35. The molecule has 2 rings (SSSR count). The maximum absolute atomic E-state index is 12.4. The van der Waals surface area contributed by atoms with Gasteiger partial charge in [-0.05, 0) is 40.9 Å². The van der Waals surface area contributed by atoms with Crippen molar-refractivity contribution in [2.45, 2.75) is 18.9 Å². The first-order chi connectivity index (χ1) is 8.63. The zero-order valence-corrected chi connectivity index (χ0v) is 12.5. The van der Waals surface area contributed by atoms with Crippen molar-refractivity contribution >= 4 is 33.4 Å².